The van der Waals surface area contributed by atoms with E-state index in [1.165, 1.54) is 12.1 Å². The predicted octanol–water partition coefficient (Wildman–Crippen LogP) is 5.80. The summed E-state index contributed by atoms with van der Waals surface area (Å²) < 4.78 is 54.5. The van der Waals surface area contributed by atoms with E-state index in [4.69, 9.17) is 23.2 Å². The van der Waals surface area contributed by atoms with Crippen LogP contribution in [0.2, 0.25) is 10.0 Å². The van der Waals surface area contributed by atoms with Gasteiger partial charge in [-0.05, 0) is 48.2 Å². The number of anilines is 2. The van der Waals surface area contributed by atoms with Crippen molar-refractivity contribution in [3.05, 3.63) is 62.2 Å². The van der Waals surface area contributed by atoms with Crippen LogP contribution in [0.4, 0.5) is 33.7 Å². The smallest absolute Gasteiger partial charge is 0.366 e. The number of alkyl halides is 3. The van der Waals surface area contributed by atoms with Gasteiger partial charge in [-0.2, -0.15) is 13.2 Å². The summed E-state index contributed by atoms with van der Waals surface area (Å²) in [6.07, 6.45) is -3.42. The molecule has 0 spiro atoms. The quantitative estimate of drug-likeness (QED) is 0.410. The molecule has 0 unspecified atom stereocenters. The molecule has 0 bridgehead atoms. The summed E-state index contributed by atoms with van der Waals surface area (Å²) in [7, 11) is 0. The van der Waals surface area contributed by atoms with Crippen molar-refractivity contribution in [3.8, 4) is 0 Å². The second-order valence-electron chi connectivity index (χ2n) is 7.32. The fraction of sp³-hybridized carbons (Fsp3) is 0.238. The van der Waals surface area contributed by atoms with Gasteiger partial charge in [0.1, 0.15) is 5.82 Å². The monoisotopic (exact) mass is 519 g/mol. The van der Waals surface area contributed by atoms with Crippen molar-refractivity contribution < 1.29 is 27.2 Å². The van der Waals surface area contributed by atoms with Crippen molar-refractivity contribution in [1.29, 1.82) is 0 Å². The number of carbonyl (C=O) groups is 2. The number of hydrogen-bond donors (Lipinski definition) is 1. The summed E-state index contributed by atoms with van der Waals surface area (Å²) in [6, 6.07) is 6.09. The number of nitrogens with one attached hydrogen (secondary N) is 1. The molecule has 2 amide bonds. The lowest BCUT2D eigenvalue weighted by Gasteiger charge is -2.38. The van der Waals surface area contributed by atoms with Crippen LogP contribution in [0.15, 0.2) is 35.2 Å². The molecular formula is C21H15Cl2F4N3O2S. The first-order chi connectivity index (χ1) is 15.5. The maximum Gasteiger partial charge on any atom is 0.416 e. The van der Waals surface area contributed by atoms with Crippen LogP contribution < -0.4 is 15.1 Å². The van der Waals surface area contributed by atoms with Gasteiger partial charge in [-0.1, -0.05) is 23.2 Å². The van der Waals surface area contributed by atoms with Crippen LogP contribution >= 0.6 is 35.0 Å². The van der Waals surface area contributed by atoms with Crippen molar-refractivity contribution in [2.75, 3.05) is 36.0 Å². The van der Waals surface area contributed by atoms with Crippen LogP contribution in [-0.2, 0) is 11.0 Å². The first-order valence-electron chi connectivity index (χ1n) is 9.63. The summed E-state index contributed by atoms with van der Waals surface area (Å²) in [5.41, 5.74) is -0.230. The number of benzene rings is 2. The number of rotatable bonds is 3. The minimum Gasteiger partial charge on any atom is -0.366 e. The molecule has 0 aliphatic carbocycles. The van der Waals surface area contributed by atoms with E-state index in [0.29, 0.717) is 49.3 Å². The Morgan fingerprint density at radius 2 is 1.67 bits per heavy atom. The Morgan fingerprint density at radius 3 is 2.24 bits per heavy atom. The number of amides is 2. The molecule has 2 fully saturated rings. The fourth-order valence-electron chi connectivity index (χ4n) is 3.70. The molecule has 5 nitrogen and oxygen atoms in total. The van der Waals surface area contributed by atoms with E-state index in [1.54, 1.807) is 21.9 Å². The van der Waals surface area contributed by atoms with E-state index in [-0.39, 0.29) is 20.5 Å². The third kappa shape index (κ3) is 5.07. The normalized spacial score (nSPS) is 18.3. The lowest BCUT2D eigenvalue weighted by atomic mass is 10.0. The molecule has 2 aromatic rings. The van der Waals surface area contributed by atoms with Crippen molar-refractivity contribution in [1.82, 2.24) is 5.32 Å². The van der Waals surface area contributed by atoms with Gasteiger partial charge in [0.25, 0.3) is 11.1 Å². The van der Waals surface area contributed by atoms with Crippen molar-refractivity contribution in [2.45, 2.75) is 6.18 Å². The van der Waals surface area contributed by atoms with Gasteiger partial charge in [0, 0.05) is 36.8 Å². The Bertz CT molecular complexity index is 1160. The highest BCUT2D eigenvalue weighted by Gasteiger charge is 2.34. The topological polar surface area (TPSA) is 52.7 Å². The average molecular weight is 520 g/mol. The molecular weight excluding hydrogens is 505 g/mol. The minimum absolute atomic E-state index is 0.0292. The Kier molecular flexibility index (Phi) is 6.52. The second kappa shape index (κ2) is 9.08. The molecule has 12 heteroatoms. The molecule has 33 heavy (non-hydrogen) atoms. The Hall–Kier alpha value is -2.43. The molecule has 4 rings (SSSR count). The van der Waals surface area contributed by atoms with Gasteiger partial charge >= 0.3 is 6.18 Å². The van der Waals surface area contributed by atoms with Crippen LogP contribution in [0, 0.1) is 5.82 Å². The van der Waals surface area contributed by atoms with Crippen molar-refractivity contribution >= 4 is 63.6 Å². The van der Waals surface area contributed by atoms with Gasteiger partial charge in [0.05, 0.1) is 26.9 Å². The van der Waals surface area contributed by atoms with Crippen LogP contribution in [0.5, 0.6) is 0 Å². The van der Waals surface area contributed by atoms with Gasteiger partial charge in [-0.15, -0.1) is 0 Å². The number of piperazine rings is 1. The Morgan fingerprint density at radius 1 is 1.00 bits per heavy atom. The van der Waals surface area contributed by atoms with Gasteiger partial charge in [0.15, 0.2) is 0 Å². The lowest BCUT2D eigenvalue weighted by molar-refractivity contribution is -0.137. The maximum atomic E-state index is 14.3. The SMILES string of the molecule is O=C1NC(=O)/C(=C/c2cc(C(F)(F)F)cc(Cl)c2N2CCN(c3ccc(Cl)cc3F)CC2)S1. The Labute approximate surface area is 200 Å². The molecule has 0 aromatic heterocycles. The van der Waals surface area contributed by atoms with Gasteiger partial charge in [0.2, 0.25) is 0 Å². The molecule has 2 aromatic carbocycles. The highest BCUT2D eigenvalue weighted by Crippen LogP contribution is 2.40. The molecule has 2 saturated heterocycles. The Balaban J connectivity index is 1.66. The summed E-state index contributed by atoms with van der Waals surface area (Å²) in [5.74, 6) is -1.16. The molecule has 1 N–H and O–H groups in total. The van der Waals surface area contributed by atoms with E-state index in [0.717, 1.165) is 12.1 Å². The molecule has 2 heterocycles. The largest absolute Gasteiger partial charge is 0.416 e. The fourth-order valence-corrected chi connectivity index (χ4v) is 4.88. The summed E-state index contributed by atoms with van der Waals surface area (Å²) >= 11 is 12.7. The number of imide groups is 1. The van der Waals surface area contributed by atoms with E-state index in [2.05, 4.69) is 5.32 Å². The minimum atomic E-state index is -4.65. The van der Waals surface area contributed by atoms with Crippen molar-refractivity contribution in [2.24, 2.45) is 0 Å². The van der Waals surface area contributed by atoms with Gasteiger partial charge < -0.3 is 9.80 Å². The molecule has 0 saturated carbocycles. The lowest BCUT2D eigenvalue weighted by Crippen LogP contribution is -2.47. The summed E-state index contributed by atoms with van der Waals surface area (Å²) in [4.78, 5) is 27.0. The zero-order valence-electron chi connectivity index (χ0n) is 16.7. The van der Waals surface area contributed by atoms with Gasteiger partial charge in [-0.25, -0.2) is 4.39 Å². The van der Waals surface area contributed by atoms with E-state index in [9.17, 15) is 27.2 Å². The predicted molar refractivity (Wildman–Crippen MR) is 121 cm³/mol. The highest BCUT2D eigenvalue weighted by molar-refractivity contribution is 8.18. The summed E-state index contributed by atoms with van der Waals surface area (Å²) in [5, 5.41) is 1.60. The zero-order chi connectivity index (χ0) is 23.9. The van der Waals surface area contributed by atoms with E-state index >= 15 is 0 Å². The molecule has 2 aliphatic rings. The first-order valence-corrected chi connectivity index (χ1v) is 11.2. The maximum absolute atomic E-state index is 14.3. The van der Waals surface area contributed by atoms with Crippen LogP contribution in [0.25, 0.3) is 6.08 Å². The number of nitrogens with zero attached hydrogens (tertiary/aromatic N) is 2. The third-order valence-corrected chi connectivity index (χ3v) is 6.53. The van der Waals surface area contributed by atoms with Crippen molar-refractivity contribution in [3.63, 3.8) is 0 Å². The van der Waals surface area contributed by atoms with Crippen LogP contribution in [0.3, 0.4) is 0 Å². The van der Waals surface area contributed by atoms with E-state index in [1.807, 2.05) is 0 Å². The first kappa shape index (κ1) is 23.7. The number of thioether (sulfide) groups is 1. The van der Waals surface area contributed by atoms with Crippen LogP contribution in [-0.4, -0.2) is 37.3 Å². The zero-order valence-corrected chi connectivity index (χ0v) is 19.0. The average Bonchev–Trinajstić information content (AvgIpc) is 3.04. The standard InChI is InChI=1S/C21H15Cl2F4N3O2S/c22-13-1-2-16(15(24)10-13)29-3-5-30(6-4-29)18-11(8-17-19(31)28-20(32)33-17)7-12(9-14(18)23)21(25,26)27/h1-2,7-10H,3-6H2,(H,28,31,32)/b17-8-. The van der Waals surface area contributed by atoms with E-state index < -0.39 is 28.7 Å². The number of halogens is 6. The molecule has 0 atom stereocenters. The summed E-state index contributed by atoms with van der Waals surface area (Å²) in [6.45, 7) is 1.42. The molecule has 174 valence electrons. The highest BCUT2D eigenvalue weighted by atomic mass is 35.5. The molecule has 2 aliphatic heterocycles. The third-order valence-electron chi connectivity index (χ3n) is 5.20. The van der Waals surface area contributed by atoms with Crippen LogP contribution in [0.1, 0.15) is 11.1 Å². The second-order valence-corrected chi connectivity index (χ2v) is 9.17. The van der Waals surface area contributed by atoms with Gasteiger partial charge in [-0.3, -0.25) is 14.9 Å². The number of hydrogen-bond acceptors (Lipinski definition) is 5. The molecule has 0 radical (unpaired) electrons. The number of carbonyl (C=O) groups excluding carboxylic acids is 2.